The predicted molar refractivity (Wildman–Crippen MR) is 51.0 cm³/mol. The van der Waals surface area contributed by atoms with Gasteiger partial charge in [-0.15, -0.1) is 4.91 Å². The van der Waals surface area contributed by atoms with Crippen LogP contribution >= 0.6 is 0 Å². The van der Waals surface area contributed by atoms with E-state index in [2.05, 4.69) is 5.29 Å². The Labute approximate surface area is 78.9 Å². The Morgan fingerprint density at radius 2 is 1.62 bits per heavy atom. The van der Waals surface area contributed by atoms with Crippen LogP contribution in [0.3, 0.4) is 0 Å². The van der Waals surface area contributed by atoms with Crippen molar-refractivity contribution in [3.05, 3.63) is 4.91 Å². The molecule has 0 spiro atoms. The number of hydrogen-bond donors (Lipinski definition) is 1. The first-order valence-corrected chi connectivity index (χ1v) is 4.61. The summed E-state index contributed by atoms with van der Waals surface area (Å²) in [5.74, 6) is 0. The molecule has 0 aliphatic carbocycles. The summed E-state index contributed by atoms with van der Waals surface area (Å²) in [7, 11) is 0. The van der Waals surface area contributed by atoms with E-state index in [9.17, 15) is 10.0 Å². The van der Waals surface area contributed by atoms with Crippen molar-refractivity contribution in [3.8, 4) is 0 Å². The molecule has 0 saturated carbocycles. The minimum Gasteiger partial charge on any atom is -0.393 e. The molecule has 0 amide bonds. The molecule has 0 aromatic carbocycles. The third-order valence-electron chi connectivity index (χ3n) is 2.70. The molecule has 0 aromatic heterocycles. The van der Waals surface area contributed by atoms with Crippen molar-refractivity contribution in [2.24, 2.45) is 5.29 Å². The first-order chi connectivity index (χ1) is 5.79. The summed E-state index contributed by atoms with van der Waals surface area (Å²) in [6, 6.07) is 0. The highest BCUT2D eigenvalue weighted by atomic mass is 16.3. The van der Waals surface area contributed by atoms with Crippen LogP contribution in [0.5, 0.6) is 0 Å². The van der Waals surface area contributed by atoms with Crippen LogP contribution in [0, 0.1) is 4.91 Å². The average Bonchev–Trinajstić information content (AvgIpc) is 1.79. The Morgan fingerprint density at radius 1 is 1.23 bits per heavy atom. The first-order valence-electron chi connectivity index (χ1n) is 4.61. The summed E-state index contributed by atoms with van der Waals surface area (Å²) in [6.07, 6.45) is 0.868. The second-order valence-electron chi connectivity index (χ2n) is 5.08. The van der Waals surface area contributed by atoms with E-state index in [0.29, 0.717) is 12.8 Å². The molecule has 1 N–H and O–H groups in total. The van der Waals surface area contributed by atoms with Crippen LogP contribution < -0.4 is 0 Å². The van der Waals surface area contributed by atoms with E-state index in [-0.39, 0.29) is 17.2 Å². The quantitative estimate of drug-likeness (QED) is 0.634. The molecule has 1 aliphatic rings. The Kier molecular flexibility index (Phi) is 2.36. The van der Waals surface area contributed by atoms with E-state index in [1.165, 1.54) is 0 Å². The van der Waals surface area contributed by atoms with Crippen molar-refractivity contribution in [3.63, 3.8) is 0 Å². The Hall–Kier alpha value is -0.640. The first kappa shape index (κ1) is 10.4. The van der Waals surface area contributed by atoms with Gasteiger partial charge < -0.3 is 5.11 Å². The monoisotopic (exact) mass is 186 g/mol. The van der Waals surface area contributed by atoms with E-state index in [4.69, 9.17) is 0 Å². The summed E-state index contributed by atoms with van der Waals surface area (Å²) < 4.78 is 0. The predicted octanol–water partition coefficient (Wildman–Crippen LogP) is 1.68. The van der Waals surface area contributed by atoms with Crippen LogP contribution in [0.2, 0.25) is 0 Å². The normalized spacial score (nSPS) is 27.3. The van der Waals surface area contributed by atoms with Crippen LogP contribution in [0.15, 0.2) is 5.29 Å². The smallest absolute Gasteiger partial charge is 0.0586 e. The molecule has 1 aliphatic heterocycles. The molecule has 4 nitrogen and oxygen atoms in total. The van der Waals surface area contributed by atoms with Gasteiger partial charge in [0.1, 0.15) is 0 Å². The number of aliphatic hydroxyl groups excluding tert-OH is 1. The van der Waals surface area contributed by atoms with Crippen molar-refractivity contribution >= 4 is 0 Å². The molecule has 76 valence electrons. The van der Waals surface area contributed by atoms with Gasteiger partial charge in [0.25, 0.3) is 0 Å². The highest BCUT2D eigenvalue weighted by Gasteiger charge is 2.45. The number of piperidine rings is 1. The van der Waals surface area contributed by atoms with Gasteiger partial charge in [-0.05, 0) is 40.5 Å². The van der Waals surface area contributed by atoms with E-state index in [0.717, 1.165) is 0 Å². The molecule has 1 saturated heterocycles. The van der Waals surface area contributed by atoms with Gasteiger partial charge in [-0.25, -0.2) is 5.01 Å². The molecule has 0 aromatic rings. The zero-order valence-corrected chi connectivity index (χ0v) is 8.74. The van der Waals surface area contributed by atoms with E-state index in [1.54, 1.807) is 5.01 Å². The molecule has 13 heavy (non-hydrogen) atoms. The van der Waals surface area contributed by atoms with Crippen LogP contribution in [-0.2, 0) is 0 Å². The van der Waals surface area contributed by atoms with Crippen LogP contribution in [0.25, 0.3) is 0 Å². The van der Waals surface area contributed by atoms with Gasteiger partial charge in [-0.2, -0.15) is 0 Å². The molecule has 0 unspecified atom stereocenters. The Bertz CT molecular complexity index is 196. The SMILES string of the molecule is CC1(C)CC(O)CC(C)(C)N1N=O. The molecule has 0 atom stereocenters. The zero-order chi connectivity index (χ0) is 10.3. The minimum absolute atomic E-state index is 0.331. The van der Waals surface area contributed by atoms with Gasteiger partial charge in [-0.1, -0.05) is 0 Å². The summed E-state index contributed by atoms with van der Waals surface area (Å²) >= 11 is 0. The molecule has 1 fully saturated rings. The largest absolute Gasteiger partial charge is 0.393 e. The molecule has 0 bridgehead atoms. The maximum Gasteiger partial charge on any atom is 0.0586 e. The number of hydrogen-bond acceptors (Lipinski definition) is 3. The summed E-state index contributed by atoms with van der Waals surface area (Å²) in [4.78, 5) is 10.7. The summed E-state index contributed by atoms with van der Waals surface area (Å²) in [5, 5.41) is 14.2. The van der Waals surface area contributed by atoms with Crippen molar-refractivity contribution in [2.45, 2.75) is 57.7 Å². The van der Waals surface area contributed by atoms with Gasteiger partial charge in [-0.3, -0.25) is 0 Å². The number of nitrogens with zero attached hydrogens (tertiary/aromatic N) is 2. The fourth-order valence-electron chi connectivity index (χ4n) is 2.44. The summed E-state index contributed by atoms with van der Waals surface area (Å²) in [6.45, 7) is 7.72. The third kappa shape index (κ3) is 1.82. The fourth-order valence-corrected chi connectivity index (χ4v) is 2.44. The molecular formula is C9H18N2O2. The highest BCUT2D eigenvalue weighted by Crippen LogP contribution is 2.38. The van der Waals surface area contributed by atoms with Gasteiger partial charge in [0.05, 0.1) is 22.5 Å². The molecule has 0 radical (unpaired) electrons. The van der Waals surface area contributed by atoms with E-state index >= 15 is 0 Å². The standard InChI is InChI=1S/C9H18N2O2/c1-8(2)5-7(12)6-9(3,4)11(8)10-13/h7,12H,5-6H2,1-4H3. The topological polar surface area (TPSA) is 52.9 Å². The third-order valence-corrected chi connectivity index (χ3v) is 2.70. The lowest BCUT2D eigenvalue weighted by atomic mass is 9.80. The zero-order valence-electron chi connectivity index (χ0n) is 8.74. The van der Waals surface area contributed by atoms with Crippen molar-refractivity contribution < 1.29 is 5.11 Å². The molecular weight excluding hydrogens is 168 g/mol. The molecule has 4 heteroatoms. The van der Waals surface area contributed by atoms with Crippen molar-refractivity contribution in [1.29, 1.82) is 0 Å². The number of rotatable bonds is 1. The van der Waals surface area contributed by atoms with Gasteiger partial charge in [0.2, 0.25) is 0 Å². The van der Waals surface area contributed by atoms with Crippen LogP contribution in [0.4, 0.5) is 0 Å². The highest BCUT2D eigenvalue weighted by molar-refractivity contribution is 4.98. The Balaban J connectivity index is 2.94. The molecule has 1 heterocycles. The maximum absolute atomic E-state index is 10.7. The van der Waals surface area contributed by atoms with Crippen LogP contribution in [-0.4, -0.2) is 27.3 Å². The second kappa shape index (κ2) is 2.94. The van der Waals surface area contributed by atoms with Crippen molar-refractivity contribution in [2.75, 3.05) is 0 Å². The Morgan fingerprint density at radius 3 is 1.92 bits per heavy atom. The second-order valence-corrected chi connectivity index (χ2v) is 5.08. The average molecular weight is 186 g/mol. The van der Waals surface area contributed by atoms with E-state index in [1.807, 2.05) is 27.7 Å². The van der Waals surface area contributed by atoms with Gasteiger partial charge >= 0.3 is 0 Å². The van der Waals surface area contributed by atoms with E-state index < -0.39 is 0 Å². The van der Waals surface area contributed by atoms with Gasteiger partial charge in [0, 0.05) is 0 Å². The maximum atomic E-state index is 10.7. The number of aliphatic hydroxyl groups is 1. The summed E-state index contributed by atoms with van der Waals surface area (Å²) in [5.41, 5.74) is -0.689. The lowest BCUT2D eigenvalue weighted by molar-refractivity contribution is -0.0809. The van der Waals surface area contributed by atoms with Crippen LogP contribution in [0.1, 0.15) is 40.5 Å². The number of nitroso groups, excluding NO2 is 1. The fraction of sp³-hybridized carbons (Fsp3) is 1.00. The lowest BCUT2D eigenvalue weighted by Crippen LogP contribution is -2.59. The lowest BCUT2D eigenvalue weighted by Gasteiger charge is -2.50. The van der Waals surface area contributed by atoms with Gasteiger partial charge in [0.15, 0.2) is 0 Å². The minimum atomic E-state index is -0.344. The molecule has 1 rings (SSSR count). The van der Waals surface area contributed by atoms with Crippen molar-refractivity contribution in [1.82, 2.24) is 5.01 Å².